The number of benzene rings is 1. The fourth-order valence-electron chi connectivity index (χ4n) is 2.82. The molecule has 20 heavy (non-hydrogen) atoms. The zero-order valence-corrected chi connectivity index (χ0v) is 12.6. The van der Waals surface area contributed by atoms with E-state index in [2.05, 4.69) is 42.3 Å². The molecule has 1 saturated heterocycles. The first-order chi connectivity index (χ1) is 9.70. The van der Waals surface area contributed by atoms with Gasteiger partial charge in [-0.1, -0.05) is 26.0 Å². The van der Waals surface area contributed by atoms with Crippen LogP contribution in [-0.2, 0) is 0 Å². The Hall–Kier alpha value is -1.37. The minimum atomic E-state index is 0.493. The third kappa shape index (κ3) is 4.06. The summed E-state index contributed by atoms with van der Waals surface area (Å²) in [6.45, 7) is 8.95. The summed E-state index contributed by atoms with van der Waals surface area (Å²) < 4.78 is 0. The highest BCUT2D eigenvalue weighted by Crippen LogP contribution is 2.28. The predicted molar refractivity (Wildman–Crippen MR) is 82.4 cm³/mol. The largest absolute Gasteiger partial charge is 0.314 e. The second kappa shape index (κ2) is 7.42. The van der Waals surface area contributed by atoms with Crippen LogP contribution < -0.4 is 5.32 Å². The summed E-state index contributed by atoms with van der Waals surface area (Å²) in [5, 5.41) is 12.3. The van der Waals surface area contributed by atoms with Gasteiger partial charge in [-0.05, 0) is 36.5 Å². The van der Waals surface area contributed by atoms with Crippen LogP contribution in [0, 0.1) is 17.2 Å². The van der Waals surface area contributed by atoms with Crippen molar-refractivity contribution in [2.24, 2.45) is 5.92 Å². The first-order valence-electron chi connectivity index (χ1n) is 7.65. The van der Waals surface area contributed by atoms with Crippen LogP contribution in [0.15, 0.2) is 24.3 Å². The van der Waals surface area contributed by atoms with Crippen molar-refractivity contribution in [2.75, 3.05) is 26.2 Å². The first-order valence-corrected chi connectivity index (χ1v) is 7.65. The Balaban J connectivity index is 2.13. The molecule has 3 nitrogen and oxygen atoms in total. The second-order valence-corrected chi connectivity index (χ2v) is 6.01. The molecule has 1 heterocycles. The van der Waals surface area contributed by atoms with E-state index < -0.39 is 0 Å². The Morgan fingerprint density at radius 3 is 2.35 bits per heavy atom. The lowest BCUT2D eigenvalue weighted by Gasteiger charge is -2.35. The quantitative estimate of drug-likeness (QED) is 0.895. The first kappa shape index (κ1) is 15.0. The normalized spacial score (nSPS) is 17.9. The topological polar surface area (TPSA) is 39.1 Å². The van der Waals surface area contributed by atoms with Crippen molar-refractivity contribution in [3.05, 3.63) is 35.4 Å². The minimum Gasteiger partial charge on any atom is -0.314 e. The van der Waals surface area contributed by atoms with Crippen molar-refractivity contribution in [1.29, 1.82) is 5.26 Å². The molecule has 3 heteroatoms. The molecule has 1 aromatic carbocycles. The predicted octanol–water partition coefficient (Wildman–Crippen LogP) is 2.94. The van der Waals surface area contributed by atoms with Gasteiger partial charge in [0.25, 0.3) is 0 Å². The van der Waals surface area contributed by atoms with E-state index in [0.717, 1.165) is 37.7 Å². The van der Waals surface area contributed by atoms with Crippen molar-refractivity contribution >= 4 is 0 Å². The molecule has 2 rings (SSSR count). The highest BCUT2D eigenvalue weighted by Gasteiger charge is 2.22. The summed E-state index contributed by atoms with van der Waals surface area (Å²) >= 11 is 0. The molecule has 0 radical (unpaired) electrons. The summed E-state index contributed by atoms with van der Waals surface area (Å²) in [5.74, 6) is 0.735. The van der Waals surface area contributed by atoms with Crippen LogP contribution in [0.1, 0.15) is 43.9 Å². The van der Waals surface area contributed by atoms with Crippen molar-refractivity contribution in [3.8, 4) is 6.07 Å². The average molecular weight is 271 g/mol. The van der Waals surface area contributed by atoms with E-state index in [1.54, 1.807) is 0 Å². The van der Waals surface area contributed by atoms with Crippen molar-refractivity contribution in [3.63, 3.8) is 0 Å². The monoisotopic (exact) mass is 271 g/mol. The van der Waals surface area contributed by atoms with Crippen LogP contribution in [0.5, 0.6) is 0 Å². The minimum absolute atomic E-state index is 0.493. The van der Waals surface area contributed by atoms with Gasteiger partial charge in [-0.15, -0.1) is 0 Å². The highest BCUT2D eigenvalue weighted by molar-refractivity contribution is 5.33. The molecule has 0 spiro atoms. The molecule has 1 N–H and O–H groups in total. The van der Waals surface area contributed by atoms with Gasteiger partial charge >= 0.3 is 0 Å². The van der Waals surface area contributed by atoms with Crippen LogP contribution in [-0.4, -0.2) is 31.1 Å². The maximum absolute atomic E-state index is 8.92. The van der Waals surface area contributed by atoms with Crippen molar-refractivity contribution < 1.29 is 0 Å². The number of nitrogens with one attached hydrogen (secondary N) is 1. The molecule has 0 amide bonds. The van der Waals surface area contributed by atoms with E-state index in [-0.39, 0.29) is 0 Å². The van der Waals surface area contributed by atoms with E-state index in [9.17, 15) is 0 Å². The highest BCUT2D eigenvalue weighted by atomic mass is 15.2. The van der Waals surface area contributed by atoms with Gasteiger partial charge in [0, 0.05) is 32.2 Å². The van der Waals surface area contributed by atoms with E-state index in [4.69, 9.17) is 5.26 Å². The number of nitrogens with zero attached hydrogens (tertiary/aromatic N) is 2. The zero-order chi connectivity index (χ0) is 14.4. The maximum atomic E-state index is 8.92. The van der Waals surface area contributed by atoms with Gasteiger partial charge in [0.05, 0.1) is 11.6 Å². The average Bonchev–Trinajstić information content (AvgIpc) is 2.49. The van der Waals surface area contributed by atoms with Gasteiger partial charge in [0.2, 0.25) is 0 Å². The molecular weight excluding hydrogens is 246 g/mol. The molecule has 0 saturated carbocycles. The lowest BCUT2D eigenvalue weighted by atomic mass is 9.95. The smallest absolute Gasteiger partial charge is 0.0991 e. The van der Waals surface area contributed by atoms with Crippen LogP contribution in [0.3, 0.4) is 0 Å². The Kier molecular flexibility index (Phi) is 5.58. The van der Waals surface area contributed by atoms with Gasteiger partial charge in [-0.2, -0.15) is 5.26 Å². The van der Waals surface area contributed by atoms with Gasteiger partial charge in [-0.3, -0.25) is 4.90 Å². The Labute approximate surface area is 122 Å². The van der Waals surface area contributed by atoms with Crippen LogP contribution in [0.4, 0.5) is 0 Å². The molecule has 108 valence electrons. The molecular formula is C17H25N3. The van der Waals surface area contributed by atoms with Gasteiger partial charge in [0.15, 0.2) is 0 Å². The molecule has 1 aromatic rings. The van der Waals surface area contributed by atoms with Crippen LogP contribution in [0.2, 0.25) is 0 Å². The number of hydrogen-bond acceptors (Lipinski definition) is 3. The number of rotatable bonds is 5. The third-order valence-electron chi connectivity index (χ3n) is 4.03. The van der Waals surface area contributed by atoms with Crippen LogP contribution >= 0.6 is 0 Å². The molecule has 1 fully saturated rings. The number of nitriles is 1. The Morgan fingerprint density at radius 2 is 1.80 bits per heavy atom. The van der Waals surface area contributed by atoms with Crippen molar-refractivity contribution in [1.82, 2.24) is 10.2 Å². The van der Waals surface area contributed by atoms with E-state index in [1.165, 1.54) is 18.4 Å². The van der Waals surface area contributed by atoms with E-state index >= 15 is 0 Å². The summed E-state index contributed by atoms with van der Waals surface area (Å²) in [5.41, 5.74) is 2.10. The lowest BCUT2D eigenvalue weighted by molar-refractivity contribution is 0.160. The summed E-state index contributed by atoms with van der Waals surface area (Å²) in [4.78, 5) is 2.58. The molecule has 1 atom stereocenters. The van der Waals surface area contributed by atoms with Crippen molar-refractivity contribution in [2.45, 2.75) is 32.7 Å². The fraction of sp³-hybridized carbons (Fsp3) is 0.588. The van der Waals surface area contributed by atoms with E-state index in [1.807, 2.05) is 12.1 Å². The molecule has 0 aliphatic carbocycles. The van der Waals surface area contributed by atoms with Crippen LogP contribution in [0.25, 0.3) is 0 Å². The number of hydrogen-bond donors (Lipinski definition) is 1. The standard InChI is InChI=1S/C17H25N3/c1-14(2)3-8-17(20-11-9-19-10-12-20)16-6-4-15(13-18)5-7-16/h4-7,14,17,19H,3,8-12H2,1-2H3/t17-/m1/s1. The fourth-order valence-corrected chi connectivity index (χ4v) is 2.82. The van der Waals surface area contributed by atoms with Gasteiger partial charge in [0.1, 0.15) is 0 Å². The SMILES string of the molecule is CC(C)CC[C@H](c1ccc(C#N)cc1)N1CCNCC1. The lowest BCUT2D eigenvalue weighted by Crippen LogP contribution is -2.45. The zero-order valence-electron chi connectivity index (χ0n) is 12.6. The Morgan fingerprint density at radius 1 is 1.15 bits per heavy atom. The third-order valence-corrected chi connectivity index (χ3v) is 4.03. The van der Waals surface area contributed by atoms with E-state index in [0.29, 0.717) is 6.04 Å². The molecule has 0 bridgehead atoms. The molecule has 0 unspecified atom stereocenters. The number of piperazine rings is 1. The second-order valence-electron chi connectivity index (χ2n) is 6.01. The van der Waals surface area contributed by atoms with Gasteiger partial charge < -0.3 is 5.32 Å². The molecule has 1 aliphatic heterocycles. The van der Waals surface area contributed by atoms with Gasteiger partial charge in [-0.25, -0.2) is 0 Å². The summed E-state index contributed by atoms with van der Waals surface area (Å²) in [6.07, 6.45) is 2.44. The molecule has 0 aromatic heterocycles. The molecule has 1 aliphatic rings. The maximum Gasteiger partial charge on any atom is 0.0991 e. The summed E-state index contributed by atoms with van der Waals surface area (Å²) in [6, 6.07) is 10.8. The summed E-state index contributed by atoms with van der Waals surface area (Å²) in [7, 11) is 0. The Bertz CT molecular complexity index is 438.